The summed E-state index contributed by atoms with van der Waals surface area (Å²) < 4.78 is -0.128. The van der Waals surface area contributed by atoms with Crippen LogP contribution in [0.1, 0.15) is 51.9 Å². The smallest absolute Gasteiger partial charge is 0.236 e. The second-order valence-corrected chi connectivity index (χ2v) is 6.59. The summed E-state index contributed by atoms with van der Waals surface area (Å²) >= 11 is 1.83. The molecule has 1 heterocycles. The Kier molecular flexibility index (Phi) is 3.60. The van der Waals surface area contributed by atoms with Crippen LogP contribution in [0.15, 0.2) is 0 Å². The molecule has 0 aromatic rings. The predicted octanol–water partition coefficient (Wildman–Crippen LogP) is 2.72. The van der Waals surface area contributed by atoms with Gasteiger partial charge >= 0.3 is 0 Å². The topological polar surface area (TPSA) is 29.1 Å². The Labute approximate surface area is 96.6 Å². The van der Waals surface area contributed by atoms with Gasteiger partial charge in [0.25, 0.3) is 0 Å². The van der Waals surface area contributed by atoms with Crippen LogP contribution in [0.2, 0.25) is 0 Å². The fourth-order valence-electron chi connectivity index (χ4n) is 2.54. The molecule has 0 radical (unpaired) electrons. The van der Waals surface area contributed by atoms with Crippen molar-refractivity contribution in [2.45, 2.75) is 62.7 Å². The van der Waals surface area contributed by atoms with E-state index in [-0.39, 0.29) is 10.7 Å². The maximum atomic E-state index is 12.1. The van der Waals surface area contributed by atoms with Gasteiger partial charge in [-0.3, -0.25) is 4.79 Å². The van der Waals surface area contributed by atoms with E-state index in [0.29, 0.717) is 6.04 Å². The number of rotatable bonds is 2. The Bertz CT molecular complexity index is 230. The fraction of sp³-hybridized carbons (Fsp3) is 0.917. The first kappa shape index (κ1) is 11.3. The van der Waals surface area contributed by atoms with E-state index in [0.717, 1.165) is 12.2 Å². The normalized spacial score (nSPS) is 32.9. The summed E-state index contributed by atoms with van der Waals surface area (Å²) in [4.78, 5) is 12.1. The second kappa shape index (κ2) is 4.77. The van der Waals surface area contributed by atoms with Crippen LogP contribution < -0.4 is 5.32 Å². The van der Waals surface area contributed by atoms with Crippen molar-refractivity contribution in [2.75, 3.05) is 5.75 Å². The zero-order valence-electron chi connectivity index (χ0n) is 9.55. The van der Waals surface area contributed by atoms with Gasteiger partial charge in [0.1, 0.15) is 0 Å². The molecular weight excluding hydrogens is 206 g/mol. The first-order valence-electron chi connectivity index (χ1n) is 6.16. The van der Waals surface area contributed by atoms with Crippen molar-refractivity contribution in [3.8, 4) is 0 Å². The third kappa shape index (κ3) is 2.68. The van der Waals surface area contributed by atoms with Crippen LogP contribution in [-0.4, -0.2) is 22.4 Å². The van der Waals surface area contributed by atoms with Crippen molar-refractivity contribution in [3.63, 3.8) is 0 Å². The van der Waals surface area contributed by atoms with Crippen LogP contribution in [0.3, 0.4) is 0 Å². The second-order valence-electron chi connectivity index (χ2n) is 4.99. The van der Waals surface area contributed by atoms with Gasteiger partial charge in [-0.15, -0.1) is 11.8 Å². The summed E-state index contributed by atoms with van der Waals surface area (Å²) in [6.45, 7) is 2.10. The molecule has 0 bridgehead atoms. The Hall–Kier alpha value is -0.180. The minimum Gasteiger partial charge on any atom is -0.352 e. The van der Waals surface area contributed by atoms with Crippen LogP contribution in [-0.2, 0) is 4.79 Å². The predicted molar refractivity (Wildman–Crippen MR) is 65.1 cm³/mol. The molecule has 2 fully saturated rings. The summed E-state index contributed by atoms with van der Waals surface area (Å²) in [5.41, 5.74) is 0. The van der Waals surface area contributed by atoms with Crippen LogP contribution in [0.25, 0.3) is 0 Å². The lowest BCUT2D eigenvalue weighted by Gasteiger charge is -2.28. The number of thioether (sulfide) groups is 1. The zero-order chi connectivity index (χ0) is 10.7. The summed E-state index contributed by atoms with van der Waals surface area (Å²) in [7, 11) is 0. The van der Waals surface area contributed by atoms with E-state index in [9.17, 15) is 4.79 Å². The van der Waals surface area contributed by atoms with E-state index >= 15 is 0 Å². The molecule has 1 saturated heterocycles. The molecule has 1 aliphatic carbocycles. The number of nitrogens with one attached hydrogen (secondary N) is 1. The average molecular weight is 227 g/mol. The Morgan fingerprint density at radius 1 is 1.27 bits per heavy atom. The van der Waals surface area contributed by atoms with Crippen LogP contribution in [0.5, 0.6) is 0 Å². The number of amides is 1. The lowest BCUT2D eigenvalue weighted by atomic mass is 9.94. The largest absolute Gasteiger partial charge is 0.352 e. The average Bonchev–Trinajstić information content (AvgIpc) is 2.68. The lowest BCUT2D eigenvalue weighted by Crippen LogP contribution is -2.46. The number of hydrogen-bond donors (Lipinski definition) is 1. The highest BCUT2D eigenvalue weighted by molar-refractivity contribution is 8.01. The van der Waals surface area contributed by atoms with Gasteiger partial charge in [-0.1, -0.05) is 19.3 Å². The molecule has 0 aromatic carbocycles. The van der Waals surface area contributed by atoms with Crippen molar-refractivity contribution >= 4 is 17.7 Å². The molecule has 0 aromatic heterocycles. The summed E-state index contributed by atoms with van der Waals surface area (Å²) in [6, 6.07) is 0.462. The van der Waals surface area contributed by atoms with Gasteiger partial charge in [-0.2, -0.15) is 0 Å². The minimum absolute atomic E-state index is 0.128. The van der Waals surface area contributed by atoms with Crippen LogP contribution in [0, 0.1) is 0 Å². The van der Waals surface area contributed by atoms with Gasteiger partial charge in [-0.05, 0) is 38.4 Å². The first-order valence-corrected chi connectivity index (χ1v) is 7.14. The van der Waals surface area contributed by atoms with Gasteiger partial charge in [0.05, 0.1) is 4.75 Å². The number of carbonyl (C=O) groups excluding carboxylic acids is 1. The van der Waals surface area contributed by atoms with Crippen molar-refractivity contribution in [1.29, 1.82) is 0 Å². The quantitative estimate of drug-likeness (QED) is 0.786. The molecule has 0 spiro atoms. The zero-order valence-corrected chi connectivity index (χ0v) is 10.4. The Balaban J connectivity index is 1.85. The molecule has 1 atom stereocenters. The van der Waals surface area contributed by atoms with Crippen molar-refractivity contribution in [2.24, 2.45) is 0 Å². The molecule has 2 aliphatic rings. The molecule has 1 unspecified atom stereocenters. The summed E-state index contributed by atoms with van der Waals surface area (Å²) in [5, 5.41) is 3.24. The van der Waals surface area contributed by atoms with Gasteiger partial charge in [0.2, 0.25) is 5.91 Å². The highest BCUT2D eigenvalue weighted by Crippen LogP contribution is 2.38. The molecule has 1 saturated carbocycles. The van der Waals surface area contributed by atoms with Crippen molar-refractivity contribution in [3.05, 3.63) is 0 Å². The molecule has 3 heteroatoms. The maximum Gasteiger partial charge on any atom is 0.236 e. The first-order chi connectivity index (χ1) is 7.21. The van der Waals surface area contributed by atoms with Gasteiger partial charge < -0.3 is 5.32 Å². The van der Waals surface area contributed by atoms with Gasteiger partial charge in [0.15, 0.2) is 0 Å². The minimum atomic E-state index is -0.128. The van der Waals surface area contributed by atoms with E-state index in [1.807, 2.05) is 11.8 Å². The monoisotopic (exact) mass is 227 g/mol. The van der Waals surface area contributed by atoms with Crippen molar-refractivity contribution in [1.82, 2.24) is 5.32 Å². The molecule has 1 amide bonds. The van der Waals surface area contributed by atoms with E-state index in [1.54, 1.807) is 0 Å². The molecule has 1 aliphatic heterocycles. The number of carbonyl (C=O) groups is 1. The van der Waals surface area contributed by atoms with Crippen LogP contribution in [0.4, 0.5) is 0 Å². The summed E-state index contributed by atoms with van der Waals surface area (Å²) in [6.07, 6.45) is 8.54. The van der Waals surface area contributed by atoms with E-state index < -0.39 is 0 Å². The Morgan fingerprint density at radius 3 is 2.60 bits per heavy atom. The molecular formula is C12H21NOS. The molecule has 15 heavy (non-hydrogen) atoms. The maximum absolute atomic E-state index is 12.1. The van der Waals surface area contributed by atoms with Crippen LogP contribution >= 0.6 is 11.8 Å². The van der Waals surface area contributed by atoms with E-state index in [1.165, 1.54) is 38.5 Å². The lowest BCUT2D eigenvalue weighted by molar-refractivity contribution is -0.124. The number of hydrogen-bond acceptors (Lipinski definition) is 2. The highest BCUT2D eigenvalue weighted by Gasteiger charge is 2.37. The van der Waals surface area contributed by atoms with Gasteiger partial charge in [-0.25, -0.2) is 0 Å². The van der Waals surface area contributed by atoms with Crippen molar-refractivity contribution < 1.29 is 4.79 Å². The SMILES string of the molecule is CC1(C(=O)NC2CCCCC2)CCCS1. The molecule has 86 valence electrons. The Morgan fingerprint density at radius 2 is 2.00 bits per heavy atom. The summed E-state index contributed by atoms with van der Waals surface area (Å²) in [5.74, 6) is 1.44. The third-order valence-corrected chi connectivity index (χ3v) is 5.16. The molecule has 1 N–H and O–H groups in total. The fourth-order valence-corrected chi connectivity index (χ4v) is 3.76. The standard InChI is InChI=1S/C12H21NOS/c1-12(8-5-9-15-12)11(14)13-10-6-3-2-4-7-10/h10H,2-9H2,1H3,(H,13,14). The molecule has 2 nitrogen and oxygen atoms in total. The van der Waals surface area contributed by atoms with Gasteiger partial charge in [0, 0.05) is 6.04 Å². The third-order valence-electron chi connectivity index (χ3n) is 3.64. The molecule has 2 rings (SSSR count). The highest BCUT2D eigenvalue weighted by atomic mass is 32.2. The van der Waals surface area contributed by atoms with E-state index in [4.69, 9.17) is 0 Å². The van der Waals surface area contributed by atoms with E-state index in [2.05, 4.69) is 12.2 Å².